The Kier molecular flexibility index (Phi) is 5.82. The van der Waals surface area contributed by atoms with E-state index < -0.39 is 0 Å². The van der Waals surface area contributed by atoms with Gasteiger partial charge in [-0.05, 0) is 50.2 Å². The first kappa shape index (κ1) is 18.6. The Morgan fingerprint density at radius 2 is 2.07 bits per heavy atom. The largest absolute Gasteiger partial charge is 0.494 e. The van der Waals surface area contributed by atoms with Crippen molar-refractivity contribution in [3.63, 3.8) is 0 Å². The minimum atomic E-state index is -0.239. The molecule has 1 amide bonds. The summed E-state index contributed by atoms with van der Waals surface area (Å²) in [6.45, 7) is 4.74. The van der Waals surface area contributed by atoms with Crippen molar-refractivity contribution in [3.8, 4) is 23.3 Å². The smallest absolute Gasteiger partial charge is 0.258 e. The van der Waals surface area contributed by atoms with Gasteiger partial charge >= 0.3 is 0 Å². The minimum absolute atomic E-state index is 0.103. The van der Waals surface area contributed by atoms with Crippen LogP contribution in [-0.2, 0) is 17.8 Å². The second kappa shape index (κ2) is 8.45. The molecular formula is C21H22N2O4. The maximum absolute atomic E-state index is 12.1. The van der Waals surface area contributed by atoms with Gasteiger partial charge in [0.2, 0.25) is 0 Å². The van der Waals surface area contributed by atoms with Crippen LogP contribution < -0.4 is 19.5 Å². The van der Waals surface area contributed by atoms with Crippen LogP contribution in [0.15, 0.2) is 36.4 Å². The average molecular weight is 366 g/mol. The number of hydrogen-bond acceptors (Lipinski definition) is 5. The van der Waals surface area contributed by atoms with E-state index in [0.29, 0.717) is 24.5 Å². The van der Waals surface area contributed by atoms with E-state index in [9.17, 15) is 4.79 Å². The Morgan fingerprint density at radius 3 is 2.78 bits per heavy atom. The molecule has 1 atom stereocenters. The number of ether oxygens (including phenoxy) is 3. The highest BCUT2D eigenvalue weighted by Crippen LogP contribution is 2.35. The van der Waals surface area contributed by atoms with Crippen LogP contribution in [0, 0.1) is 11.3 Å². The first-order chi connectivity index (χ1) is 13.1. The molecule has 1 aliphatic rings. The molecule has 2 aromatic rings. The number of hydrogen-bond donors (Lipinski definition) is 1. The highest BCUT2D eigenvalue weighted by atomic mass is 16.5. The first-order valence-electron chi connectivity index (χ1n) is 8.94. The van der Waals surface area contributed by atoms with Crippen LogP contribution in [0.3, 0.4) is 0 Å². The van der Waals surface area contributed by atoms with Crippen LogP contribution in [0.2, 0.25) is 0 Å². The lowest BCUT2D eigenvalue weighted by molar-refractivity contribution is -0.123. The summed E-state index contributed by atoms with van der Waals surface area (Å²) in [7, 11) is 0. The number of benzene rings is 2. The van der Waals surface area contributed by atoms with Gasteiger partial charge < -0.3 is 19.5 Å². The molecule has 3 rings (SSSR count). The SMILES string of the molecule is CCOc1cc2c(cc1CNC(=O)COc1ccc(C#N)cc1)OC(C)C2. The maximum atomic E-state index is 12.1. The number of rotatable bonds is 7. The predicted octanol–water partition coefficient (Wildman–Crippen LogP) is 2.98. The van der Waals surface area contributed by atoms with Crippen molar-refractivity contribution < 1.29 is 19.0 Å². The lowest BCUT2D eigenvalue weighted by Crippen LogP contribution is -2.28. The Hall–Kier alpha value is -3.20. The monoisotopic (exact) mass is 366 g/mol. The van der Waals surface area contributed by atoms with Gasteiger partial charge in [-0.25, -0.2) is 0 Å². The summed E-state index contributed by atoms with van der Waals surface area (Å²) in [5.74, 6) is 1.92. The molecule has 0 saturated carbocycles. The highest BCUT2D eigenvalue weighted by Gasteiger charge is 2.22. The number of nitrogens with one attached hydrogen (secondary N) is 1. The van der Waals surface area contributed by atoms with Crippen molar-refractivity contribution in [2.75, 3.05) is 13.2 Å². The molecular weight excluding hydrogens is 344 g/mol. The Labute approximate surface area is 158 Å². The fourth-order valence-electron chi connectivity index (χ4n) is 2.93. The van der Waals surface area contributed by atoms with Crippen LogP contribution in [0.1, 0.15) is 30.5 Å². The van der Waals surface area contributed by atoms with E-state index >= 15 is 0 Å². The molecule has 0 spiro atoms. The Morgan fingerprint density at radius 1 is 1.30 bits per heavy atom. The molecule has 0 saturated heterocycles. The maximum Gasteiger partial charge on any atom is 0.258 e. The molecule has 1 heterocycles. The molecule has 27 heavy (non-hydrogen) atoms. The summed E-state index contributed by atoms with van der Waals surface area (Å²) in [6.07, 6.45) is 1.01. The van der Waals surface area contributed by atoms with Crippen LogP contribution in [-0.4, -0.2) is 25.2 Å². The molecule has 0 radical (unpaired) electrons. The zero-order valence-electron chi connectivity index (χ0n) is 15.5. The third-order valence-electron chi connectivity index (χ3n) is 4.21. The fourth-order valence-corrected chi connectivity index (χ4v) is 2.93. The third kappa shape index (κ3) is 4.70. The normalized spacial score (nSPS) is 14.6. The lowest BCUT2D eigenvalue weighted by atomic mass is 10.1. The molecule has 6 nitrogen and oxygen atoms in total. The van der Waals surface area contributed by atoms with Crippen LogP contribution in [0.4, 0.5) is 0 Å². The first-order valence-corrected chi connectivity index (χ1v) is 8.94. The molecule has 0 fully saturated rings. The van der Waals surface area contributed by atoms with Crippen molar-refractivity contribution in [3.05, 3.63) is 53.1 Å². The van der Waals surface area contributed by atoms with Gasteiger partial charge in [-0.1, -0.05) is 0 Å². The summed E-state index contributed by atoms with van der Waals surface area (Å²) in [4.78, 5) is 12.1. The van der Waals surface area contributed by atoms with E-state index in [1.54, 1.807) is 24.3 Å². The minimum Gasteiger partial charge on any atom is -0.494 e. The number of nitriles is 1. The van der Waals surface area contributed by atoms with E-state index in [1.807, 2.05) is 32.0 Å². The van der Waals surface area contributed by atoms with Gasteiger partial charge in [-0.15, -0.1) is 0 Å². The Bertz CT molecular complexity index is 856. The molecule has 2 aromatic carbocycles. The number of fused-ring (bicyclic) bond motifs is 1. The number of nitrogens with zero attached hydrogens (tertiary/aromatic N) is 1. The molecule has 0 aliphatic carbocycles. The van der Waals surface area contributed by atoms with Gasteiger partial charge in [0, 0.05) is 24.1 Å². The molecule has 1 unspecified atom stereocenters. The second-order valence-electron chi connectivity index (χ2n) is 6.33. The highest BCUT2D eigenvalue weighted by molar-refractivity contribution is 5.77. The Balaban J connectivity index is 1.58. The van der Waals surface area contributed by atoms with E-state index in [-0.39, 0.29) is 18.6 Å². The van der Waals surface area contributed by atoms with Gasteiger partial charge in [0.15, 0.2) is 6.61 Å². The van der Waals surface area contributed by atoms with E-state index in [0.717, 1.165) is 29.0 Å². The topological polar surface area (TPSA) is 80.6 Å². The van der Waals surface area contributed by atoms with E-state index in [4.69, 9.17) is 19.5 Å². The number of carbonyl (C=O) groups excluding carboxylic acids is 1. The van der Waals surface area contributed by atoms with Crippen molar-refractivity contribution in [2.24, 2.45) is 0 Å². The quantitative estimate of drug-likeness (QED) is 0.815. The number of carbonyl (C=O) groups is 1. The summed E-state index contributed by atoms with van der Waals surface area (Å²) in [6, 6.07) is 12.6. The molecule has 6 heteroatoms. The second-order valence-corrected chi connectivity index (χ2v) is 6.33. The summed E-state index contributed by atoms with van der Waals surface area (Å²) in [5, 5.41) is 11.6. The standard InChI is InChI=1S/C21H22N2O4/c1-3-25-19-9-16-8-14(2)27-20(16)10-17(19)12-23-21(24)13-26-18-6-4-15(11-22)5-7-18/h4-7,9-10,14H,3,8,12-13H2,1-2H3,(H,23,24). The van der Waals surface area contributed by atoms with Crippen molar-refractivity contribution in [2.45, 2.75) is 32.9 Å². The van der Waals surface area contributed by atoms with Gasteiger partial charge in [-0.3, -0.25) is 4.79 Å². The molecule has 0 aromatic heterocycles. The summed E-state index contributed by atoms with van der Waals surface area (Å²) >= 11 is 0. The summed E-state index contributed by atoms with van der Waals surface area (Å²) in [5.41, 5.74) is 2.55. The fraction of sp³-hybridized carbons (Fsp3) is 0.333. The van der Waals surface area contributed by atoms with Crippen LogP contribution >= 0.6 is 0 Å². The average Bonchev–Trinajstić information content (AvgIpc) is 3.04. The lowest BCUT2D eigenvalue weighted by Gasteiger charge is -2.13. The van der Waals surface area contributed by atoms with Crippen LogP contribution in [0.25, 0.3) is 0 Å². The molecule has 0 bridgehead atoms. The summed E-state index contributed by atoms with van der Waals surface area (Å²) < 4.78 is 17.0. The van der Waals surface area contributed by atoms with Gasteiger partial charge in [0.1, 0.15) is 23.4 Å². The predicted molar refractivity (Wildman–Crippen MR) is 99.9 cm³/mol. The van der Waals surface area contributed by atoms with Crippen molar-refractivity contribution in [1.29, 1.82) is 5.26 Å². The molecule has 1 aliphatic heterocycles. The van der Waals surface area contributed by atoms with E-state index in [1.165, 1.54) is 0 Å². The zero-order valence-corrected chi connectivity index (χ0v) is 15.5. The van der Waals surface area contributed by atoms with Crippen LogP contribution in [0.5, 0.6) is 17.2 Å². The third-order valence-corrected chi connectivity index (χ3v) is 4.21. The van der Waals surface area contributed by atoms with E-state index in [2.05, 4.69) is 5.32 Å². The molecule has 140 valence electrons. The van der Waals surface area contributed by atoms with Crippen molar-refractivity contribution >= 4 is 5.91 Å². The molecule has 1 N–H and O–H groups in total. The number of amides is 1. The zero-order chi connectivity index (χ0) is 19.2. The van der Waals surface area contributed by atoms with Gasteiger partial charge in [-0.2, -0.15) is 5.26 Å². The van der Waals surface area contributed by atoms with Gasteiger partial charge in [0.05, 0.1) is 18.2 Å². The van der Waals surface area contributed by atoms with Crippen molar-refractivity contribution in [1.82, 2.24) is 5.32 Å². The van der Waals surface area contributed by atoms with Gasteiger partial charge in [0.25, 0.3) is 5.91 Å².